The minimum absolute atomic E-state index is 0. The minimum Gasteiger partial charge on any atom is -0.483 e. The maximum Gasteiger partial charge on any atom is 0.258 e. The highest BCUT2D eigenvalue weighted by Gasteiger charge is 2.14. The van der Waals surface area contributed by atoms with Crippen LogP contribution in [0.4, 0.5) is 0 Å². The zero-order valence-electron chi connectivity index (χ0n) is 16.5. The molecule has 1 heterocycles. The molecule has 0 aliphatic carbocycles. The van der Waals surface area contributed by atoms with E-state index >= 15 is 0 Å². The quantitative estimate of drug-likeness (QED) is 0.630. The second-order valence-electron chi connectivity index (χ2n) is 7.33. The summed E-state index contributed by atoms with van der Waals surface area (Å²) in [5, 5.41) is 6.35. The predicted molar refractivity (Wildman–Crippen MR) is 113 cm³/mol. The topological polar surface area (TPSA) is 62.8 Å². The summed E-state index contributed by atoms with van der Waals surface area (Å²) >= 11 is 0. The van der Waals surface area contributed by atoms with E-state index in [1.165, 1.54) is 0 Å². The number of nitrogens with one attached hydrogen (secondary N) is 2. The van der Waals surface area contributed by atoms with Gasteiger partial charge in [-0.3, -0.25) is 9.69 Å². The third kappa shape index (κ3) is 10.8. The molecule has 1 amide bonds. The fourth-order valence-electron chi connectivity index (χ4n) is 2.67. The maximum atomic E-state index is 11.9. The van der Waals surface area contributed by atoms with Gasteiger partial charge in [0.05, 0.1) is 13.2 Å². The molecule has 0 spiro atoms. The maximum absolute atomic E-state index is 11.9. The van der Waals surface area contributed by atoms with Gasteiger partial charge in [-0.1, -0.05) is 18.2 Å². The van der Waals surface area contributed by atoms with Crippen LogP contribution >= 0.6 is 24.8 Å². The van der Waals surface area contributed by atoms with Crippen LogP contribution in [-0.2, 0) is 16.1 Å². The van der Waals surface area contributed by atoms with Gasteiger partial charge in [0, 0.05) is 43.8 Å². The van der Waals surface area contributed by atoms with E-state index in [9.17, 15) is 4.79 Å². The molecule has 1 fully saturated rings. The van der Waals surface area contributed by atoms with Crippen LogP contribution in [0.5, 0.6) is 5.75 Å². The molecule has 1 aromatic carbocycles. The molecule has 8 heteroatoms. The standard InChI is InChI=1S/C19H31N3O3.2ClH/c1-19(2,3)21-18(23)15-25-17-7-5-4-6-16(17)14-20-8-9-22-10-12-24-13-11-22;;/h4-7,20H,8-15H2,1-3H3,(H,21,23);2*1H. The Morgan fingerprint density at radius 3 is 2.52 bits per heavy atom. The average molecular weight is 422 g/mol. The molecule has 2 rings (SSSR count). The fraction of sp³-hybridized carbons (Fsp3) is 0.632. The first-order valence-corrected chi connectivity index (χ1v) is 8.96. The molecular formula is C19H33Cl2N3O3. The number of hydrogen-bond donors (Lipinski definition) is 2. The van der Waals surface area contributed by atoms with Crippen molar-refractivity contribution in [3.63, 3.8) is 0 Å². The lowest BCUT2D eigenvalue weighted by Crippen LogP contribution is -2.43. The fourth-order valence-corrected chi connectivity index (χ4v) is 2.67. The molecule has 0 atom stereocenters. The number of benzene rings is 1. The Bertz CT molecular complexity index is 547. The molecule has 1 saturated heterocycles. The number of halogens is 2. The van der Waals surface area contributed by atoms with E-state index < -0.39 is 0 Å². The van der Waals surface area contributed by atoms with E-state index in [-0.39, 0.29) is 42.9 Å². The van der Waals surface area contributed by atoms with E-state index in [4.69, 9.17) is 9.47 Å². The zero-order valence-corrected chi connectivity index (χ0v) is 18.1. The Morgan fingerprint density at radius 2 is 1.85 bits per heavy atom. The monoisotopic (exact) mass is 421 g/mol. The molecule has 6 nitrogen and oxygen atoms in total. The smallest absolute Gasteiger partial charge is 0.258 e. The van der Waals surface area contributed by atoms with Crippen LogP contribution in [0.1, 0.15) is 26.3 Å². The van der Waals surface area contributed by atoms with Crippen molar-refractivity contribution in [2.24, 2.45) is 0 Å². The normalized spacial score (nSPS) is 14.6. The van der Waals surface area contributed by atoms with Gasteiger partial charge in [0.2, 0.25) is 0 Å². The Labute approximate surface area is 175 Å². The number of hydrogen-bond acceptors (Lipinski definition) is 5. The SMILES string of the molecule is CC(C)(C)NC(=O)COc1ccccc1CNCCN1CCOCC1.Cl.Cl. The molecule has 0 unspecified atom stereocenters. The molecule has 156 valence electrons. The van der Waals surface area contributed by atoms with Crippen molar-refractivity contribution >= 4 is 30.7 Å². The van der Waals surface area contributed by atoms with Gasteiger partial charge in [-0.05, 0) is 26.8 Å². The van der Waals surface area contributed by atoms with Gasteiger partial charge in [0.15, 0.2) is 6.61 Å². The van der Waals surface area contributed by atoms with Crippen molar-refractivity contribution in [1.29, 1.82) is 0 Å². The highest BCUT2D eigenvalue weighted by molar-refractivity contribution is 5.85. The van der Waals surface area contributed by atoms with E-state index in [1.54, 1.807) is 0 Å². The summed E-state index contributed by atoms with van der Waals surface area (Å²) in [6.45, 7) is 12.2. The number of morpholine rings is 1. The summed E-state index contributed by atoms with van der Waals surface area (Å²) in [6, 6.07) is 7.84. The third-order valence-electron chi connectivity index (χ3n) is 3.87. The van der Waals surface area contributed by atoms with Crippen LogP contribution in [0.15, 0.2) is 24.3 Å². The van der Waals surface area contributed by atoms with Gasteiger partial charge in [-0.25, -0.2) is 0 Å². The van der Waals surface area contributed by atoms with E-state index in [0.29, 0.717) is 0 Å². The molecule has 0 bridgehead atoms. The second-order valence-corrected chi connectivity index (χ2v) is 7.33. The number of carbonyl (C=O) groups excluding carboxylic acids is 1. The Kier molecular flexibility index (Phi) is 12.7. The minimum atomic E-state index is -0.249. The molecule has 27 heavy (non-hydrogen) atoms. The van der Waals surface area contributed by atoms with Crippen LogP contribution in [0.3, 0.4) is 0 Å². The number of para-hydroxylation sites is 1. The van der Waals surface area contributed by atoms with Gasteiger partial charge in [0.1, 0.15) is 5.75 Å². The van der Waals surface area contributed by atoms with Crippen molar-refractivity contribution in [2.45, 2.75) is 32.9 Å². The number of carbonyl (C=O) groups is 1. The van der Waals surface area contributed by atoms with Gasteiger partial charge in [-0.15, -0.1) is 24.8 Å². The Morgan fingerprint density at radius 1 is 1.19 bits per heavy atom. The molecule has 1 aromatic rings. The highest BCUT2D eigenvalue weighted by Crippen LogP contribution is 2.17. The van der Waals surface area contributed by atoms with Crippen molar-refractivity contribution in [3.05, 3.63) is 29.8 Å². The van der Waals surface area contributed by atoms with E-state index in [0.717, 1.165) is 57.3 Å². The van der Waals surface area contributed by atoms with Crippen LogP contribution in [0, 0.1) is 0 Å². The predicted octanol–water partition coefficient (Wildman–Crippen LogP) is 2.25. The van der Waals surface area contributed by atoms with E-state index in [1.807, 2.05) is 45.0 Å². The van der Waals surface area contributed by atoms with Gasteiger partial charge < -0.3 is 20.1 Å². The molecule has 0 radical (unpaired) electrons. The second kappa shape index (κ2) is 13.2. The molecule has 1 aliphatic heterocycles. The summed E-state index contributed by atoms with van der Waals surface area (Å²) in [7, 11) is 0. The highest BCUT2D eigenvalue weighted by atomic mass is 35.5. The summed E-state index contributed by atoms with van der Waals surface area (Å²) in [6.07, 6.45) is 0. The van der Waals surface area contributed by atoms with Crippen molar-refractivity contribution in [3.8, 4) is 5.75 Å². The summed E-state index contributed by atoms with van der Waals surface area (Å²) < 4.78 is 11.1. The molecule has 1 aliphatic rings. The third-order valence-corrected chi connectivity index (χ3v) is 3.87. The number of amides is 1. The average Bonchev–Trinajstić information content (AvgIpc) is 2.57. The first-order valence-electron chi connectivity index (χ1n) is 8.96. The zero-order chi connectivity index (χ0) is 18.1. The van der Waals surface area contributed by atoms with Gasteiger partial charge in [-0.2, -0.15) is 0 Å². The summed E-state index contributed by atoms with van der Waals surface area (Å²) in [5.74, 6) is 0.646. The summed E-state index contributed by atoms with van der Waals surface area (Å²) in [5.41, 5.74) is 0.814. The first-order chi connectivity index (χ1) is 11.9. The number of nitrogens with zero attached hydrogens (tertiary/aromatic N) is 1. The van der Waals surface area contributed by atoms with Crippen LogP contribution < -0.4 is 15.4 Å². The van der Waals surface area contributed by atoms with E-state index in [2.05, 4.69) is 15.5 Å². The van der Waals surface area contributed by atoms with Gasteiger partial charge in [0.25, 0.3) is 5.91 Å². The molecule has 2 N–H and O–H groups in total. The van der Waals surface area contributed by atoms with Gasteiger partial charge >= 0.3 is 0 Å². The van der Waals surface area contributed by atoms with Crippen LogP contribution in [-0.4, -0.2) is 62.3 Å². The van der Waals surface area contributed by atoms with Crippen LogP contribution in [0.2, 0.25) is 0 Å². The molecule has 0 aromatic heterocycles. The number of rotatable bonds is 8. The Hall–Kier alpha value is -1.05. The lowest BCUT2D eigenvalue weighted by molar-refractivity contribution is -0.124. The lowest BCUT2D eigenvalue weighted by atomic mass is 10.1. The van der Waals surface area contributed by atoms with Crippen molar-refractivity contribution < 1.29 is 14.3 Å². The summed E-state index contributed by atoms with van der Waals surface area (Å²) in [4.78, 5) is 14.3. The van der Waals surface area contributed by atoms with Crippen LogP contribution in [0.25, 0.3) is 0 Å². The molecule has 0 saturated carbocycles. The number of ether oxygens (including phenoxy) is 2. The largest absolute Gasteiger partial charge is 0.483 e. The first kappa shape index (κ1) is 26.0. The van der Waals surface area contributed by atoms with Crippen molar-refractivity contribution in [1.82, 2.24) is 15.5 Å². The Balaban J connectivity index is 0.00000338. The lowest BCUT2D eigenvalue weighted by Gasteiger charge is -2.26. The van der Waals surface area contributed by atoms with Crippen molar-refractivity contribution in [2.75, 3.05) is 46.0 Å². The molecular weight excluding hydrogens is 389 g/mol.